The summed E-state index contributed by atoms with van der Waals surface area (Å²) >= 11 is 0. The molecule has 0 atom stereocenters. The van der Waals surface area contributed by atoms with Crippen molar-refractivity contribution in [3.8, 4) is 0 Å². The molecule has 0 unspecified atom stereocenters. The predicted molar refractivity (Wildman–Crippen MR) is 69.2 cm³/mol. The van der Waals surface area contributed by atoms with Crippen molar-refractivity contribution in [3.05, 3.63) is 0 Å². The summed E-state index contributed by atoms with van der Waals surface area (Å²) in [6.45, 7) is 10.5. The van der Waals surface area contributed by atoms with Gasteiger partial charge in [-0.3, -0.25) is 4.79 Å². The second-order valence-corrected chi connectivity index (χ2v) is 5.58. The zero-order valence-corrected chi connectivity index (χ0v) is 11.9. The van der Waals surface area contributed by atoms with Crippen LogP contribution in [0.2, 0.25) is 0 Å². The first kappa shape index (κ1) is 14.8. The molecule has 104 valence electrons. The van der Waals surface area contributed by atoms with Crippen LogP contribution in [-0.2, 0) is 9.53 Å². The van der Waals surface area contributed by atoms with Gasteiger partial charge in [0, 0.05) is 31.6 Å². The monoisotopic (exact) mass is 256 g/mol. The maximum atomic E-state index is 12.2. The van der Waals surface area contributed by atoms with Crippen LogP contribution in [0.3, 0.4) is 0 Å². The average molecular weight is 256 g/mol. The Morgan fingerprint density at radius 3 is 2.17 bits per heavy atom. The van der Waals surface area contributed by atoms with Crippen LogP contribution in [0.25, 0.3) is 0 Å². The molecule has 1 fully saturated rings. The Labute approximate surface area is 109 Å². The molecule has 0 N–H and O–H groups in total. The van der Waals surface area contributed by atoms with Crippen LogP contribution in [0.1, 0.15) is 34.1 Å². The van der Waals surface area contributed by atoms with Gasteiger partial charge in [-0.15, -0.1) is 0 Å². The SMILES string of the molecule is CCOC(=O)N1CCCN(C(=O)C(C)(C)C)CC1. The van der Waals surface area contributed by atoms with Crippen molar-refractivity contribution in [3.63, 3.8) is 0 Å². The molecule has 0 aromatic rings. The molecule has 0 aliphatic carbocycles. The summed E-state index contributed by atoms with van der Waals surface area (Å²) in [6, 6.07) is 0. The van der Waals surface area contributed by atoms with Gasteiger partial charge in [0.05, 0.1) is 6.61 Å². The van der Waals surface area contributed by atoms with Crippen molar-refractivity contribution in [2.75, 3.05) is 32.8 Å². The van der Waals surface area contributed by atoms with Crippen molar-refractivity contribution < 1.29 is 14.3 Å². The average Bonchev–Trinajstić information content (AvgIpc) is 2.52. The molecule has 2 amide bonds. The highest BCUT2D eigenvalue weighted by atomic mass is 16.6. The Balaban J connectivity index is 2.56. The number of amides is 2. The Morgan fingerprint density at radius 2 is 1.61 bits per heavy atom. The molecule has 1 aliphatic heterocycles. The molecule has 1 saturated heterocycles. The second-order valence-electron chi connectivity index (χ2n) is 5.58. The second kappa shape index (κ2) is 6.07. The standard InChI is InChI=1S/C13H24N2O3/c1-5-18-12(17)15-8-6-7-14(9-10-15)11(16)13(2,3)4/h5-10H2,1-4H3. The van der Waals surface area contributed by atoms with Gasteiger partial charge in [0.25, 0.3) is 0 Å². The summed E-state index contributed by atoms with van der Waals surface area (Å²) in [4.78, 5) is 27.3. The van der Waals surface area contributed by atoms with Crippen molar-refractivity contribution >= 4 is 12.0 Å². The Hall–Kier alpha value is -1.26. The molecule has 5 heteroatoms. The lowest BCUT2D eigenvalue weighted by molar-refractivity contribution is -0.139. The van der Waals surface area contributed by atoms with Crippen molar-refractivity contribution in [1.82, 2.24) is 9.80 Å². The maximum absolute atomic E-state index is 12.2. The van der Waals surface area contributed by atoms with E-state index in [1.807, 2.05) is 25.7 Å². The summed E-state index contributed by atoms with van der Waals surface area (Å²) in [5.41, 5.74) is -0.362. The van der Waals surface area contributed by atoms with E-state index in [2.05, 4.69) is 0 Å². The highest BCUT2D eigenvalue weighted by Gasteiger charge is 2.29. The smallest absolute Gasteiger partial charge is 0.409 e. The van der Waals surface area contributed by atoms with E-state index in [0.717, 1.165) is 6.42 Å². The molecule has 0 radical (unpaired) electrons. The molecule has 18 heavy (non-hydrogen) atoms. The van der Waals surface area contributed by atoms with Crippen LogP contribution in [0.4, 0.5) is 4.79 Å². The van der Waals surface area contributed by atoms with E-state index in [4.69, 9.17) is 4.74 Å². The summed E-state index contributed by atoms with van der Waals surface area (Å²) in [7, 11) is 0. The van der Waals surface area contributed by atoms with Gasteiger partial charge < -0.3 is 14.5 Å². The minimum absolute atomic E-state index is 0.146. The van der Waals surface area contributed by atoms with Gasteiger partial charge >= 0.3 is 6.09 Å². The molecule has 1 heterocycles. The lowest BCUT2D eigenvalue weighted by Crippen LogP contribution is -2.42. The molecular formula is C13H24N2O3. The highest BCUT2D eigenvalue weighted by molar-refractivity contribution is 5.81. The van der Waals surface area contributed by atoms with Crippen LogP contribution >= 0.6 is 0 Å². The Bertz CT molecular complexity index is 310. The van der Waals surface area contributed by atoms with Crippen LogP contribution < -0.4 is 0 Å². The van der Waals surface area contributed by atoms with Crippen molar-refractivity contribution in [2.45, 2.75) is 34.1 Å². The van der Waals surface area contributed by atoms with Crippen LogP contribution in [-0.4, -0.2) is 54.6 Å². The molecule has 1 rings (SSSR count). The van der Waals surface area contributed by atoms with Crippen molar-refractivity contribution in [2.24, 2.45) is 5.41 Å². The molecule has 0 aromatic heterocycles. The van der Waals surface area contributed by atoms with Gasteiger partial charge in [-0.05, 0) is 13.3 Å². The number of carbonyl (C=O) groups excluding carboxylic acids is 2. The molecular weight excluding hydrogens is 232 g/mol. The van der Waals surface area contributed by atoms with E-state index in [9.17, 15) is 9.59 Å². The zero-order chi connectivity index (χ0) is 13.8. The number of nitrogens with zero attached hydrogens (tertiary/aromatic N) is 2. The third-order valence-electron chi connectivity index (χ3n) is 2.95. The quantitative estimate of drug-likeness (QED) is 0.718. The van der Waals surface area contributed by atoms with E-state index in [0.29, 0.717) is 32.8 Å². The van der Waals surface area contributed by atoms with Crippen LogP contribution in [0.5, 0.6) is 0 Å². The first-order valence-corrected chi connectivity index (χ1v) is 6.57. The Morgan fingerprint density at radius 1 is 1.06 bits per heavy atom. The Kier molecular flexibility index (Phi) is 4.99. The number of ether oxygens (including phenoxy) is 1. The van der Waals surface area contributed by atoms with Gasteiger partial charge in [-0.2, -0.15) is 0 Å². The number of hydrogen-bond acceptors (Lipinski definition) is 3. The van der Waals surface area contributed by atoms with Crippen LogP contribution in [0, 0.1) is 5.41 Å². The summed E-state index contributed by atoms with van der Waals surface area (Å²) in [5.74, 6) is 0.146. The summed E-state index contributed by atoms with van der Waals surface area (Å²) in [6.07, 6.45) is 0.531. The van der Waals surface area contributed by atoms with Gasteiger partial charge in [-0.25, -0.2) is 4.79 Å². The first-order valence-electron chi connectivity index (χ1n) is 6.57. The molecule has 0 saturated carbocycles. The largest absolute Gasteiger partial charge is 0.450 e. The van der Waals surface area contributed by atoms with E-state index in [1.54, 1.807) is 11.8 Å². The molecule has 0 bridgehead atoms. The molecule has 1 aliphatic rings. The molecule has 5 nitrogen and oxygen atoms in total. The minimum Gasteiger partial charge on any atom is -0.450 e. The van der Waals surface area contributed by atoms with Gasteiger partial charge in [0.2, 0.25) is 5.91 Å². The number of hydrogen-bond donors (Lipinski definition) is 0. The van der Waals surface area contributed by atoms with E-state index in [-0.39, 0.29) is 17.4 Å². The molecule has 0 aromatic carbocycles. The van der Waals surface area contributed by atoms with E-state index >= 15 is 0 Å². The third-order valence-corrected chi connectivity index (χ3v) is 2.95. The van der Waals surface area contributed by atoms with E-state index in [1.165, 1.54) is 0 Å². The fourth-order valence-corrected chi connectivity index (χ4v) is 1.99. The zero-order valence-electron chi connectivity index (χ0n) is 11.9. The lowest BCUT2D eigenvalue weighted by atomic mass is 9.94. The van der Waals surface area contributed by atoms with E-state index < -0.39 is 0 Å². The van der Waals surface area contributed by atoms with Crippen LogP contribution in [0.15, 0.2) is 0 Å². The maximum Gasteiger partial charge on any atom is 0.409 e. The normalized spacial score (nSPS) is 17.3. The lowest BCUT2D eigenvalue weighted by Gasteiger charge is -2.28. The minimum atomic E-state index is -0.362. The molecule has 0 spiro atoms. The van der Waals surface area contributed by atoms with Gasteiger partial charge in [-0.1, -0.05) is 20.8 Å². The van der Waals surface area contributed by atoms with Crippen molar-refractivity contribution in [1.29, 1.82) is 0 Å². The fourth-order valence-electron chi connectivity index (χ4n) is 1.99. The third kappa shape index (κ3) is 3.89. The summed E-state index contributed by atoms with van der Waals surface area (Å²) in [5, 5.41) is 0. The highest BCUT2D eigenvalue weighted by Crippen LogP contribution is 2.18. The predicted octanol–water partition coefficient (Wildman–Crippen LogP) is 1.72. The van der Waals surface area contributed by atoms with Gasteiger partial charge in [0.15, 0.2) is 0 Å². The van der Waals surface area contributed by atoms with Gasteiger partial charge in [0.1, 0.15) is 0 Å². The number of carbonyl (C=O) groups is 2. The topological polar surface area (TPSA) is 49.9 Å². The number of rotatable bonds is 1. The first-order chi connectivity index (χ1) is 8.36. The fraction of sp³-hybridized carbons (Fsp3) is 0.846. The summed E-state index contributed by atoms with van der Waals surface area (Å²) < 4.78 is 4.98.